The fourth-order valence-corrected chi connectivity index (χ4v) is 2.41. The van der Waals surface area contributed by atoms with E-state index in [0.717, 1.165) is 47.6 Å². The van der Waals surface area contributed by atoms with Crippen LogP contribution in [0.3, 0.4) is 0 Å². The SMILES string of the molecule is C=C(C#CC)N(CC)CCCOc1ccc2c(C)ncnc2c1. The van der Waals surface area contributed by atoms with Crippen molar-refractivity contribution >= 4 is 10.9 Å². The van der Waals surface area contributed by atoms with Crippen LogP contribution in [0.25, 0.3) is 10.9 Å². The first kappa shape index (κ1) is 16.8. The molecule has 120 valence electrons. The predicted molar refractivity (Wildman–Crippen MR) is 94.2 cm³/mol. The lowest BCUT2D eigenvalue weighted by Gasteiger charge is -2.21. The molecule has 0 bridgehead atoms. The van der Waals surface area contributed by atoms with Gasteiger partial charge >= 0.3 is 0 Å². The second-order valence-corrected chi connectivity index (χ2v) is 5.24. The van der Waals surface area contributed by atoms with Crippen LogP contribution >= 0.6 is 0 Å². The Morgan fingerprint density at radius 2 is 2.17 bits per heavy atom. The van der Waals surface area contributed by atoms with E-state index in [0.29, 0.717) is 6.61 Å². The van der Waals surface area contributed by atoms with E-state index in [1.807, 2.05) is 32.0 Å². The van der Waals surface area contributed by atoms with Gasteiger partial charge in [0.1, 0.15) is 12.1 Å². The van der Waals surface area contributed by atoms with Crippen molar-refractivity contribution in [3.05, 3.63) is 42.5 Å². The largest absolute Gasteiger partial charge is 0.493 e. The molecule has 0 spiro atoms. The Labute approximate surface area is 138 Å². The molecule has 0 radical (unpaired) electrons. The summed E-state index contributed by atoms with van der Waals surface area (Å²) in [5.41, 5.74) is 2.76. The summed E-state index contributed by atoms with van der Waals surface area (Å²) in [7, 11) is 0. The summed E-state index contributed by atoms with van der Waals surface area (Å²) in [6.45, 7) is 12.3. The first-order valence-corrected chi connectivity index (χ1v) is 7.86. The van der Waals surface area contributed by atoms with Crippen LogP contribution in [0.2, 0.25) is 0 Å². The zero-order valence-electron chi connectivity index (χ0n) is 14.1. The Balaban J connectivity index is 1.88. The second-order valence-electron chi connectivity index (χ2n) is 5.24. The molecule has 0 unspecified atom stereocenters. The van der Waals surface area contributed by atoms with Crippen LogP contribution in [-0.2, 0) is 0 Å². The first-order valence-electron chi connectivity index (χ1n) is 7.86. The van der Waals surface area contributed by atoms with Crippen molar-refractivity contribution in [3.8, 4) is 17.6 Å². The van der Waals surface area contributed by atoms with Crippen LogP contribution in [-0.4, -0.2) is 34.6 Å². The minimum atomic E-state index is 0.652. The molecule has 0 aliphatic rings. The molecule has 0 saturated carbocycles. The highest BCUT2D eigenvalue weighted by molar-refractivity contribution is 5.81. The van der Waals surface area contributed by atoms with Gasteiger partial charge in [-0.2, -0.15) is 0 Å². The lowest BCUT2D eigenvalue weighted by Crippen LogP contribution is -2.24. The third kappa shape index (κ3) is 4.46. The van der Waals surface area contributed by atoms with Gasteiger partial charge < -0.3 is 9.64 Å². The van der Waals surface area contributed by atoms with Gasteiger partial charge in [0.2, 0.25) is 0 Å². The number of rotatable bonds is 7. The minimum absolute atomic E-state index is 0.652. The lowest BCUT2D eigenvalue weighted by molar-refractivity contribution is 0.276. The van der Waals surface area contributed by atoms with Crippen LogP contribution in [0.15, 0.2) is 36.8 Å². The van der Waals surface area contributed by atoms with Crippen LogP contribution in [0.4, 0.5) is 0 Å². The van der Waals surface area contributed by atoms with Crippen molar-refractivity contribution in [2.45, 2.75) is 27.2 Å². The van der Waals surface area contributed by atoms with E-state index in [-0.39, 0.29) is 0 Å². The summed E-state index contributed by atoms with van der Waals surface area (Å²) in [4.78, 5) is 10.6. The summed E-state index contributed by atoms with van der Waals surface area (Å²) < 4.78 is 5.84. The normalized spacial score (nSPS) is 10.0. The number of aromatic nitrogens is 2. The summed E-state index contributed by atoms with van der Waals surface area (Å²) in [5.74, 6) is 6.73. The maximum atomic E-state index is 5.84. The summed E-state index contributed by atoms with van der Waals surface area (Å²) >= 11 is 0. The van der Waals surface area contributed by atoms with E-state index in [1.54, 1.807) is 6.33 Å². The maximum Gasteiger partial charge on any atom is 0.121 e. The number of ether oxygens (including phenoxy) is 1. The topological polar surface area (TPSA) is 38.2 Å². The fourth-order valence-electron chi connectivity index (χ4n) is 2.41. The Bertz CT molecular complexity index is 743. The Morgan fingerprint density at radius 1 is 1.35 bits per heavy atom. The zero-order chi connectivity index (χ0) is 16.7. The highest BCUT2D eigenvalue weighted by Gasteiger charge is 2.04. The van der Waals surface area contributed by atoms with Crippen molar-refractivity contribution in [1.82, 2.24) is 14.9 Å². The zero-order valence-corrected chi connectivity index (χ0v) is 14.1. The van der Waals surface area contributed by atoms with E-state index in [1.165, 1.54) is 0 Å². The molecule has 0 amide bonds. The minimum Gasteiger partial charge on any atom is -0.493 e. The Hall–Kier alpha value is -2.54. The van der Waals surface area contributed by atoms with Gasteiger partial charge in [-0.1, -0.05) is 18.4 Å². The van der Waals surface area contributed by atoms with E-state index < -0.39 is 0 Å². The molecule has 1 aromatic heterocycles. The van der Waals surface area contributed by atoms with Crippen molar-refractivity contribution in [2.24, 2.45) is 0 Å². The second kappa shape index (κ2) is 8.19. The van der Waals surface area contributed by atoms with Crippen LogP contribution in [0, 0.1) is 18.8 Å². The molecule has 0 aliphatic carbocycles. The monoisotopic (exact) mass is 309 g/mol. The molecule has 2 aromatic rings. The van der Waals surface area contributed by atoms with Crippen LogP contribution in [0.1, 0.15) is 26.0 Å². The lowest BCUT2D eigenvalue weighted by atomic mass is 10.2. The third-order valence-electron chi connectivity index (χ3n) is 3.68. The van der Waals surface area contributed by atoms with Crippen molar-refractivity contribution in [2.75, 3.05) is 19.7 Å². The molecule has 0 atom stereocenters. The molecular formula is C19H23N3O. The molecule has 0 saturated heterocycles. The average Bonchev–Trinajstić information content (AvgIpc) is 2.55. The molecule has 2 rings (SSSR count). The standard InChI is InChI=1S/C19H23N3O/c1-5-8-15(3)22(6-2)11-7-12-23-17-9-10-18-16(4)20-14-21-19(18)13-17/h9-10,13-14H,3,6-7,11-12H2,1-2,4H3. The first-order chi connectivity index (χ1) is 11.2. The van der Waals surface area contributed by atoms with E-state index in [9.17, 15) is 0 Å². The highest BCUT2D eigenvalue weighted by atomic mass is 16.5. The average molecular weight is 309 g/mol. The Kier molecular flexibility index (Phi) is 5.99. The van der Waals surface area contributed by atoms with E-state index >= 15 is 0 Å². The quantitative estimate of drug-likeness (QED) is 0.579. The van der Waals surface area contributed by atoms with Gasteiger partial charge in [-0.3, -0.25) is 0 Å². The molecule has 4 heteroatoms. The van der Waals surface area contributed by atoms with Crippen molar-refractivity contribution in [1.29, 1.82) is 0 Å². The fraction of sp³-hybridized carbons (Fsp3) is 0.368. The number of hydrogen-bond acceptors (Lipinski definition) is 4. The van der Waals surface area contributed by atoms with Gasteiger partial charge in [-0.25, -0.2) is 9.97 Å². The molecule has 4 nitrogen and oxygen atoms in total. The summed E-state index contributed by atoms with van der Waals surface area (Å²) in [6.07, 6.45) is 2.50. The van der Waals surface area contributed by atoms with Crippen molar-refractivity contribution in [3.63, 3.8) is 0 Å². The number of fused-ring (bicyclic) bond motifs is 1. The smallest absolute Gasteiger partial charge is 0.121 e. The highest BCUT2D eigenvalue weighted by Crippen LogP contribution is 2.20. The number of aryl methyl sites for hydroxylation is 1. The molecule has 0 aliphatic heterocycles. The van der Waals surface area contributed by atoms with E-state index in [2.05, 4.69) is 40.2 Å². The van der Waals surface area contributed by atoms with Gasteiger partial charge in [-0.05, 0) is 39.3 Å². The van der Waals surface area contributed by atoms with E-state index in [4.69, 9.17) is 4.74 Å². The number of nitrogens with zero attached hydrogens (tertiary/aromatic N) is 3. The summed E-state index contributed by atoms with van der Waals surface area (Å²) in [6, 6.07) is 5.94. The van der Waals surface area contributed by atoms with Crippen molar-refractivity contribution < 1.29 is 4.74 Å². The van der Waals surface area contributed by atoms with Crippen LogP contribution in [0.5, 0.6) is 5.75 Å². The number of hydrogen-bond donors (Lipinski definition) is 0. The number of allylic oxidation sites excluding steroid dienone is 1. The predicted octanol–water partition coefficient (Wildman–Crippen LogP) is 3.57. The molecular weight excluding hydrogens is 286 g/mol. The molecule has 1 aromatic carbocycles. The Morgan fingerprint density at radius 3 is 2.91 bits per heavy atom. The molecule has 0 N–H and O–H groups in total. The molecule has 0 fully saturated rings. The summed E-state index contributed by atoms with van der Waals surface area (Å²) in [5, 5.41) is 1.06. The van der Waals surface area contributed by atoms with Crippen LogP contribution < -0.4 is 4.74 Å². The van der Waals surface area contributed by atoms with Gasteiger partial charge in [0.15, 0.2) is 0 Å². The van der Waals surface area contributed by atoms with Gasteiger partial charge in [0.05, 0.1) is 17.8 Å². The maximum absolute atomic E-state index is 5.84. The molecule has 1 heterocycles. The van der Waals surface area contributed by atoms with Gasteiger partial charge in [0.25, 0.3) is 0 Å². The third-order valence-corrected chi connectivity index (χ3v) is 3.68. The number of benzene rings is 1. The van der Waals surface area contributed by atoms with Gasteiger partial charge in [0, 0.05) is 30.2 Å². The molecule has 23 heavy (non-hydrogen) atoms. The van der Waals surface area contributed by atoms with Gasteiger partial charge in [-0.15, -0.1) is 0 Å².